The fourth-order valence-electron chi connectivity index (χ4n) is 10.5. The Morgan fingerprint density at radius 2 is 0.570 bits per heavy atom. The number of rotatable bonds is 40. The average molecular weight is 1190 g/mol. The van der Waals surface area contributed by atoms with Crippen LogP contribution in [0.2, 0.25) is 0 Å². The number of hydrogen-bond acceptors (Lipinski definition) is 14. The highest BCUT2D eigenvalue weighted by atomic mass is 16.5. The van der Waals surface area contributed by atoms with Gasteiger partial charge in [0.25, 0.3) is 0 Å². The lowest BCUT2D eigenvalue weighted by Gasteiger charge is -2.25. The van der Waals surface area contributed by atoms with Gasteiger partial charge in [0.2, 0.25) is 0 Å². The Kier molecular flexibility index (Phi) is 30.6. The molecule has 0 fully saturated rings. The summed E-state index contributed by atoms with van der Waals surface area (Å²) in [6.07, 6.45) is 12.7. The minimum Gasteiger partial charge on any atom is -0.493 e. The fraction of sp³-hybridized carbons (Fsp3) is 0.528. The van der Waals surface area contributed by atoms with Gasteiger partial charge in [0.1, 0.15) is 23.0 Å². The number of unbranched alkanes of at least 4 members (excludes halogenated alkanes) is 8. The zero-order chi connectivity index (χ0) is 62.4. The Balaban J connectivity index is 1.98. The summed E-state index contributed by atoms with van der Waals surface area (Å²) in [5.74, 6) is 0.553. The van der Waals surface area contributed by atoms with Crippen molar-refractivity contribution in [1.82, 2.24) is 0 Å². The third-order valence-corrected chi connectivity index (χ3v) is 15.1. The van der Waals surface area contributed by atoms with Crippen LogP contribution in [0.25, 0.3) is 0 Å². The van der Waals surface area contributed by atoms with Gasteiger partial charge in [-0.1, -0.05) is 92.2 Å². The first-order valence-corrected chi connectivity index (χ1v) is 31.7. The van der Waals surface area contributed by atoms with Crippen LogP contribution in [0.3, 0.4) is 0 Å². The first kappa shape index (κ1) is 69.9. The van der Waals surface area contributed by atoms with E-state index in [1.807, 2.05) is 48.5 Å². The van der Waals surface area contributed by atoms with Crippen LogP contribution >= 0.6 is 0 Å². The van der Waals surface area contributed by atoms with Gasteiger partial charge in [-0.3, -0.25) is 19.2 Å². The van der Waals surface area contributed by atoms with Crippen LogP contribution in [0.1, 0.15) is 256 Å². The lowest BCUT2D eigenvalue weighted by Crippen LogP contribution is -2.15. The first-order valence-electron chi connectivity index (χ1n) is 31.7. The van der Waals surface area contributed by atoms with E-state index in [0.717, 1.165) is 51.4 Å². The molecule has 0 saturated carbocycles. The predicted molar refractivity (Wildman–Crippen MR) is 337 cm³/mol. The summed E-state index contributed by atoms with van der Waals surface area (Å²) >= 11 is 0. The number of ketones is 4. The minimum absolute atomic E-state index is 0.0491. The van der Waals surface area contributed by atoms with E-state index in [-0.39, 0.29) is 113 Å². The topological polar surface area (TPSA) is 198 Å². The third kappa shape index (κ3) is 21.8. The normalized spacial score (nSPS) is 11.8. The van der Waals surface area contributed by atoms with Gasteiger partial charge in [0.15, 0.2) is 23.1 Å². The van der Waals surface area contributed by atoms with Gasteiger partial charge in [0, 0.05) is 124 Å². The first-order chi connectivity index (χ1) is 41.6. The number of aliphatic hydroxyl groups is 2. The fourth-order valence-corrected chi connectivity index (χ4v) is 10.5. The molecular weight excluding hydrogens is 1090 g/mol. The maximum atomic E-state index is 14.6. The van der Waals surface area contributed by atoms with Crippen molar-refractivity contribution in [1.29, 1.82) is 0 Å². The molecule has 0 heterocycles. The lowest BCUT2D eigenvalue weighted by molar-refractivity contribution is -0.140. The van der Waals surface area contributed by atoms with Crippen LogP contribution in [0.4, 0.5) is 0 Å². The Labute approximate surface area is 511 Å². The summed E-state index contributed by atoms with van der Waals surface area (Å²) in [5, 5.41) is 20.3. The molecule has 0 atom stereocenters. The van der Waals surface area contributed by atoms with Crippen molar-refractivity contribution in [2.45, 2.75) is 196 Å². The van der Waals surface area contributed by atoms with Crippen molar-refractivity contribution in [2.75, 3.05) is 52.9 Å². The molecule has 2 N–H and O–H groups in total. The Morgan fingerprint density at radius 1 is 0.349 bits per heavy atom. The molecular formula is C72H96O14. The number of hydrogen-bond donors (Lipinski definition) is 2. The molecule has 0 radical (unpaired) electrons. The monoisotopic (exact) mass is 1180 g/mol. The molecule has 0 spiro atoms. The molecule has 4 aromatic rings. The molecule has 468 valence electrons. The minimum atomic E-state index is -0.519. The molecule has 1 aliphatic rings. The van der Waals surface area contributed by atoms with Gasteiger partial charge in [-0.15, -0.1) is 0 Å². The molecule has 5 rings (SSSR count). The zero-order valence-corrected chi connectivity index (χ0v) is 52.5. The lowest BCUT2D eigenvalue weighted by atomic mass is 9.86. The summed E-state index contributed by atoms with van der Waals surface area (Å²) in [4.78, 5) is 83.5. The molecule has 86 heavy (non-hydrogen) atoms. The number of esters is 2. The molecule has 0 aromatic heterocycles. The van der Waals surface area contributed by atoms with Gasteiger partial charge >= 0.3 is 11.9 Å². The number of benzene rings is 4. The maximum absolute atomic E-state index is 14.6. The summed E-state index contributed by atoms with van der Waals surface area (Å²) in [6, 6.07) is 14.9. The van der Waals surface area contributed by atoms with Crippen LogP contribution < -0.4 is 18.9 Å². The smallest absolute Gasteiger partial charge is 0.333 e. The van der Waals surface area contributed by atoms with Crippen molar-refractivity contribution >= 4 is 35.1 Å². The SMILES string of the molecule is C=C(C)C(=O)OCCCOc1c2cc(C(=O)CCCCC)cc1Cc1cc(C(=O)CCCCC)cc(c1OCCCO)Cc1cc(C(=O)CCCCC)cc(c1OCCCOC(=O)C(=C)C)Cc1cc(C(=O)CCCCC)cc(c1OCCCO)C2. The summed E-state index contributed by atoms with van der Waals surface area (Å²) < 4.78 is 38.4. The summed E-state index contributed by atoms with van der Waals surface area (Å²) in [6.45, 7) is 19.2. The van der Waals surface area contributed by atoms with Crippen LogP contribution in [-0.2, 0) is 44.7 Å². The quantitative estimate of drug-likeness (QED) is 0.0162. The molecule has 4 aromatic carbocycles. The second-order valence-electron chi connectivity index (χ2n) is 22.8. The largest absolute Gasteiger partial charge is 0.493 e. The second-order valence-corrected chi connectivity index (χ2v) is 22.8. The standard InChI is InChI=1S/C72H96O14/c1-9-13-17-25-63(75)51-37-55-45-59-41-53(65(77)27-19-15-11-3)43-61(69(59)83-33-23-35-85-71(79)49(5)6)47-57-39-52(64(76)26-18-14-10-2)40-58(68(57)82-32-22-30-74)48-62-44-54(66(78)28-20-16-12-4)42-60(46-56(38-51)67(55)81-31-21-29-73)70(62)84-34-24-36-86-72(80)50(7)8/h37-44,73-74H,5,7,9-36,45-48H2,1-4,6,8H3. The summed E-state index contributed by atoms with van der Waals surface area (Å²) in [5.41, 5.74) is 7.34. The summed E-state index contributed by atoms with van der Waals surface area (Å²) in [7, 11) is 0. The van der Waals surface area contributed by atoms with E-state index in [9.17, 15) is 39.0 Å². The van der Waals surface area contributed by atoms with E-state index in [4.69, 9.17) is 28.4 Å². The molecule has 0 unspecified atom stereocenters. The van der Waals surface area contributed by atoms with E-state index in [0.29, 0.717) is 167 Å². The van der Waals surface area contributed by atoms with E-state index in [1.54, 1.807) is 13.8 Å². The number of aliphatic hydroxyl groups excluding tert-OH is 2. The second kappa shape index (κ2) is 37.6. The Morgan fingerprint density at radius 3 is 0.767 bits per heavy atom. The molecule has 14 nitrogen and oxygen atoms in total. The van der Waals surface area contributed by atoms with Crippen LogP contribution in [0.15, 0.2) is 72.8 Å². The van der Waals surface area contributed by atoms with E-state index in [1.165, 1.54) is 0 Å². The molecule has 0 amide bonds. The van der Waals surface area contributed by atoms with Crippen molar-refractivity contribution in [3.05, 3.63) is 140 Å². The maximum Gasteiger partial charge on any atom is 0.333 e. The number of carbonyl (C=O) groups is 6. The molecule has 1 aliphatic carbocycles. The van der Waals surface area contributed by atoms with Crippen molar-refractivity contribution < 1.29 is 67.4 Å². The van der Waals surface area contributed by atoms with Crippen LogP contribution in [0, 0.1) is 0 Å². The van der Waals surface area contributed by atoms with E-state index in [2.05, 4.69) is 40.9 Å². The third-order valence-electron chi connectivity index (χ3n) is 15.1. The number of fused-ring (bicyclic) bond motifs is 8. The van der Waals surface area contributed by atoms with Gasteiger partial charge in [0.05, 0.1) is 39.6 Å². The van der Waals surface area contributed by atoms with Gasteiger partial charge in [-0.25, -0.2) is 9.59 Å². The highest BCUT2D eigenvalue weighted by Crippen LogP contribution is 2.42. The van der Waals surface area contributed by atoms with Crippen molar-refractivity contribution in [3.63, 3.8) is 0 Å². The van der Waals surface area contributed by atoms with Crippen molar-refractivity contribution in [2.24, 2.45) is 0 Å². The van der Waals surface area contributed by atoms with E-state index < -0.39 is 11.9 Å². The van der Waals surface area contributed by atoms with Crippen molar-refractivity contribution in [3.8, 4) is 23.0 Å². The Bertz CT molecular complexity index is 2650. The average Bonchev–Trinajstić information content (AvgIpc) is 1.61. The van der Waals surface area contributed by atoms with Gasteiger partial charge in [-0.05, 0) is 133 Å². The Hall–Kier alpha value is -6.90. The molecule has 0 saturated heterocycles. The molecule has 0 aliphatic heterocycles. The highest BCUT2D eigenvalue weighted by molar-refractivity contribution is 5.99. The number of carbonyl (C=O) groups excluding carboxylic acids is 6. The molecule has 14 heteroatoms. The number of ether oxygens (including phenoxy) is 6. The molecule has 8 bridgehead atoms. The zero-order valence-electron chi connectivity index (χ0n) is 52.5. The van der Waals surface area contributed by atoms with Gasteiger partial charge < -0.3 is 38.6 Å². The van der Waals surface area contributed by atoms with E-state index >= 15 is 0 Å². The predicted octanol–water partition coefficient (Wildman–Crippen LogP) is 14.7. The number of Topliss-reactive ketones (excluding diaryl/α,β-unsaturated/α-hetero) is 4. The van der Waals surface area contributed by atoms with Crippen LogP contribution in [-0.4, -0.2) is 98.1 Å². The van der Waals surface area contributed by atoms with Crippen LogP contribution in [0.5, 0.6) is 23.0 Å². The highest BCUT2D eigenvalue weighted by Gasteiger charge is 2.28. The van der Waals surface area contributed by atoms with Gasteiger partial charge in [-0.2, -0.15) is 0 Å².